The van der Waals surface area contributed by atoms with Crippen LogP contribution in [0, 0.1) is 0 Å². The molecule has 1 aliphatic rings. The van der Waals surface area contributed by atoms with Gasteiger partial charge in [0.05, 0.1) is 19.3 Å². The second kappa shape index (κ2) is 11.9. The van der Waals surface area contributed by atoms with Gasteiger partial charge in [0.15, 0.2) is 5.96 Å². The molecule has 2 rings (SSSR count). The molecule has 1 fully saturated rings. The summed E-state index contributed by atoms with van der Waals surface area (Å²) < 4.78 is 5.75. The number of rotatable bonds is 6. The lowest BCUT2D eigenvalue weighted by molar-refractivity contribution is -0.0136. The van der Waals surface area contributed by atoms with E-state index in [-0.39, 0.29) is 30.1 Å². The molecule has 0 amide bonds. The Hall–Kier alpha value is -0.570. The van der Waals surface area contributed by atoms with Crippen LogP contribution in [0.2, 0.25) is 5.02 Å². The summed E-state index contributed by atoms with van der Waals surface area (Å²) in [7, 11) is 2.12. The number of ether oxygens (including phenoxy) is 1. The third kappa shape index (κ3) is 8.00. The molecule has 1 heterocycles. The molecule has 1 aromatic rings. The van der Waals surface area contributed by atoms with Gasteiger partial charge in [0.2, 0.25) is 0 Å². The lowest BCUT2D eigenvalue weighted by atomic mass is 10.1. The summed E-state index contributed by atoms with van der Waals surface area (Å²) in [6, 6.07) is 7.96. The van der Waals surface area contributed by atoms with E-state index in [0.29, 0.717) is 6.54 Å². The fourth-order valence-corrected chi connectivity index (χ4v) is 2.61. The number of likely N-dealkylation sites (N-methyl/N-ethyl adjacent to an activating group) is 1. The quantitative estimate of drug-likeness (QED) is 0.384. The van der Waals surface area contributed by atoms with Gasteiger partial charge >= 0.3 is 0 Å². The highest BCUT2D eigenvalue weighted by Crippen LogP contribution is 2.09. The number of halogens is 2. The van der Waals surface area contributed by atoms with Gasteiger partial charge in [-0.15, -0.1) is 24.0 Å². The van der Waals surface area contributed by atoms with Crippen LogP contribution in [-0.4, -0.2) is 63.3 Å². The first-order chi connectivity index (χ1) is 11.2. The fraction of sp³-hybridized carbons (Fsp3) is 0.588. The van der Waals surface area contributed by atoms with E-state index >= 15 is 0 Å². The van der Waals surface area contributed by atoms with Gasteiger partial charge in [0, 0.05) is 31.2 Å². The average molecular weight is 467 g/mol. The van der Waals surface area contributed by atoms with Gasteiger partial charge in [0.1, 0.15) is 0 Å². The molecule has 0 aromatic heterocycles. The van der Waals surface area contributed by atoms with E-state index in [1.54, 1.807) is 0 Å². The molecule has 5 nitrogen and oxygen atoms in total. The third-order valence-electron chi connectivity index (χ3n) is 3.76. The van der Waals surface area contributed by atoms with E-state index in [0.717, 1.165) is 50.2 Å². The predicted molar refractivity (Wildman–Crippen MR) is 112 cm³/mol. The van der Waals surface area contributed by atoms with E-state index in [2.05, 4.69) is 46.6 Å². The number of guanidine groups is 1. The molecule has 0 bridgehead atoms. The Balaban J connectivity index is 0.00000288. The number of hydrogen-bond donors (Lipinski definition) is 2. The maximum absolute atomic E-state index is 5.90. The van der Waals surface area contributed by atoms with Gasteiger partial charge in [-0.3, -0.25) is 4.99 Å². The van der Waals surface area contributed by atoms with E-state index in [4.69, 9.17) is 16.3 Å². The summed E-state index contributed by atoms with van der Waals surface area (Å²) in [6.07, 6.45) is 1.12. The SMILES string of the molecule is CCNC(=NCC1CN(C)CCO1)NCCc1ccc(Cl)cc1.I. The van der Waals surface area contributed by atoms with Gasteiger partial charge in [-0.05, 0) is 38.1 Å². The second-order valence-electron chi connectivity index (χ2n) is 5.78. The van der Waals surface area contributed by atoms with Crippen molar-refractivity contribution in [1.82, 2.24) is 15.5 Å². The largest absolute Gasteiger partial charge is 0.374 e. The zero-order valence-corrected chi connectivity index (χ0v) is 17.5. The number of nitrogens with one attached hydrogen (secondary N) is 2. The number of morpholine rings is 1. The molecule has 1 aliphatic heterocycles. The van der Waals surface area contributed by atoms with Crippen molar-refractivity contribution in [1.29, 1.82) is 0 Å². The lowest BCUT2D eigenvalue weighted by Gasteiger charge is -2.29. The standard InChI is InChI=1S/C17H27ClN4O.HI/c1-3-19-17(21-12-16-13-22(2)10-11-23-16)20-9-8-14-4-6-15(18)7-5-14;/h4-7,16H,3,8-13H2,1-2H3,(H2,19,20,21);1H. The first kappa shape index (κ1) is 21.5. The summed E-state index contributed by atoms with van der Waals surface area (Å²) in [5.41, 5.74) is 1.26. The lowest BCUT2D eigenvalue weighted by Crippen LogP contribution is -2.43. The molecule has 1 unspecified atom stereocenters. The van der Waals surface area contributed by atoms with Crippen molar-refractivity contribution in [3.05, 3.63) is 34.9 Å². The summed E-state index contributed by atoms with van der Waals surface area (Å²) >= 11 is 5.90. The molecule has 0 aliphatic carbocycles. The second-order valence-corrected chi connectivity index (χ2v) is 6.21. The minimum atomic E-state index is 0. The number of nitrogens with zero attached hydrogens (tertiary/aromatic N) is 2. The van der Waals surface area contributed by atoms with Crippen molar-refractivity contribution in [2.45, 2.75) is 19.4 Å². The van der Waals surface area contributed by atoms with Crippen LogP contribution in [0.15, 0.2) is 29.3 Å². The Labute approximate surface area is 167 Å². The Bertz CT molecular complexity index is 498. The minimum Gasteiger partial charge on any atom is -0.374 e. The average Bonchev–Trinajstić information content (AvgIpc) is 2.54. The number of benzene rings is 1. The van der Waals surface area contributed by atoms with Gasteiger partial charge in [-0.25, -0.2) is 0 Å². The van der Waals surface area contributed by atoms with Gasteiger partial charge in [0.25, 0.3) is 0 Å². The molecule has 1 aromatic carbocycles. The van der Waals surface area contributed by atoms with Gasteiger partial charge in [-0.2, -0.15) is 0 Å². The Morgan fingerprint density at radius 2 is 2.08 bits per heavy atom. The summed E-state index contributed by atoms with van der Waals surface area (Å²) in [6.45, 7) is 7.16. The third-order valence-corrected chi connectivity index (χ3v) is 4.01. The first-order valence-corrected chi connectivity index (χ1v) is 8.62. The summed E-state index contributed by atoms with van der Waals surface area (Å²) in [5, 5.41) is 7.42. The molecular weight excluding hydrogens is 439 g/mol. The molecule has 1 atom stereocenters. The zero-order valence-electron chi connectivity index (χ0n) is 14.4. The van der Waals surface area contributed by atoms with Crippen LogP contribution in [0.3, 0.4) is 0 Å². The first-order valence-electron chi connectivity index (χ1n) is 8.24. The Morgan fingerprint density at radius 1 is 1.33 bits per heavy atom. The van der Waals surface area contributed by atoms with Crippen molar-refractivity contribution < 1.29 is 4.74 Å². The topological polar surface area (TPSA) is 48.9 Å². The Kier molecular flexibility index (Phi) is 10.6. The van der Waals surface area contributed by atoms with E-state index < -0.39 is 0 Å². The van der Waals surface area contributed by atoms with E-state index in [1.807, 2.05) is 12.1 Å². The van der Waals surface area contributed by atoms with E-state index in [1.165, 1.54) is 5.56 Å². The number of aliphatic imine (C=N–C) groups is 1. The molecule has 0 spiro atoms. The smallest absolute Gasteiger partial charge is 0.191 e. The molecule has 1 saturated heterocycles. The minimum absolute atomic E-state index is 0. The van der Waals surface area contributed by atoms with Crippen LogP contribution in [-0.2, 0) is 11.2 Å². The highest BCUT2D eigenvalue weighted by Gasteiger charge is 2.17. The molecular formula is C17H28ClIN4O. The van der Waals surface area contributed by atoms with Crippen molar-refractivity contribution in [3.8, 4) is 0 Å². The molecule has 2 N–H and O–H groups in total. The van der Waals surface area contributed by atoms with Gasteiger partial charge < -0.3 is 20.3 Å². The van der Waals surface area contributed by atoms with Crippen molar-refractivity contribution in [2.75, 3.05) is 46.4 Å². The highest BCUT2D eigenvalue weighted by atomic mass is 127. The monoisotopic (exact) mass is 466 g/mol. The normalized spacial score (nSPS) is 18.8. The predicted octanol–water partition coefficient (Wildman–Crippen LogP) is 2.39. The van der Waals surface area contributed by atoms with Crippen LogP contribution in [0.25, 0.3) is 0 Å². The maximum atomic E-state index is 5.90. The molecule has 24 heavy (non-hydrogen) atoms. The highest BCUT2D eigenvalue weighted by molar-refractivity contribution is 14.0. The zero-order chi connectivity index (χ0) is 16.5. The van der Waals surface area contributed by atoms with Crippen LogP contribution in [0.5, 0.6) is 0 Å². The van der Waals surface area contributed by atoms with Crippen LogP contribution >= 0.6 is 35.6 Å². The maximum Gasteiger partial charge on any atom is 0.191 e. The van der Waals surface area contributed by atoms with E-state index in [9.17, 15) is 0 Å². The van der Waals surface area contributed by atoms with Crippen LogP contribution in [0.4, 0.5) is 0 Å². The molecule has 0 radical (unpaired) electrons. The summed E-state index contributed by atoms with van der Waals surface area (Å²) in [4.78, 5) is 6.92. The fourth-order valence-electron chi connectivity index (χ4n) is 2.49. The van der Waals surface area contributed by atoms with Gasteiger partial charge in [-0.1, -0.05) is 23.7 Å². The number of hydrogen-bond acceptors (Lipinski definition) is 3. The van der Waals surface area contributed by atoms with Crippen LogP contribution in [0.1, 0.15) is 12.5 Å². The Morgan fingerprint density at radius 3 is 2.75 bits per heavy atom. The van der Waals surface area contributed by atoms with Crippen LogP contribution < -0.4 is 10.6 Å². The van der Waals surface area contributed by atoms with Crippen molar-refractivity contribution >= 4 is 41.5 Å². The molecule has 136 valence electrons. The molecule has 0 saturated carbocycles. The molecule has 7 heteroatoms. The van der Waals surface area contributed by atoms with Crippen molar-refractivity contribution in [2.24, 2.45) is 4.99 Å². The summed E-state index contributed by atoms with van der Waals surface area (Å²) in [5.74, 6) is 0.846. The van der Waals surface area contributed by atoms with Crippen molar-refractivity contribution in [3.63, 3.8) is 0 Å².